The van der Waals surface area contributed by atoms with E-state index >= 15 is 0 Å². The molecule has 3 heteroatoms. The molecule has 1 heterocycles. The Bertz CT molecular complexity index is 528. The molecule has 0 saturated carbocycles. The van der Waals surface area contributed by atoms with Crippen molar-refractivity contribution in [1.29, 1.82) is 0 Å². The molecule has 0 aliphatic rings. The van der Waals surface area contributed by atoms with Gasteiger partial charge in [0.2, 0.25) is 0 Å². The quantitative estimate of drug-likeness (QED) is 0.789. The van der Waals surface area contributed by atoms with E-state index in [9.17, 15) is 4.39 Å². The third-order valence-electron chi connectivity index (χ3n) is 2.53. The molecule has 0 spiro atoms. The van der Waals surface area contributed by atoms with Gasteiger partial charge < -0.3 is 4.98 Å². The zero-order valence-electron chi connectivity index (χ0n) is 8.40. The van der Waals surface area contributed by atoms with E-state index in [0.717, 1.165) is 27.4 Å². The standard InChI is InChI=1S/C12H11BrFN/c1-3-4-8-6-15-10-5-9(14)7(2)12(13)11(8)10/h3,5-6,15H,1,4H2,2H3. The molecule has 0 bridgehead atoms. The van der Waals surface area contributed by atoms with Crippen LogP contribution in [-0.2, 0) is 6.42 Å². The molecule has 78 valence electrons. The molecule has 2 rings (SSSR count). The van der Waals surface area contributed by atoms with E-state index in [2.05, 4.69) is 27.5 Å². The number of benzene rings is 1. The fraction of sp³-hybridized carbons (Fsp3) is 0.167. The molecule has 1 nitrogen and oxygen atoms in total. The summed E-state index contributed by atoms with van der Waals surface area (Å²) in [6, 6.07) is 1.53. The fourth-order valence-electron chi connectivity index (χ4n) is 1.70. The van der Waals surface area contributed by atoms with Gasteiger partial charge in [0.1, 0.15) is 5.82 Å². The number of rotatable bonds is 2. The van der Waals surface area contributed by atoms with Gasteiger partial charge in [0.05, 0.1) is 0 Å². The van der Waals surface area contributed by atoms with Crippen LogP contribution in [0.1, 0.15) is 11.1 Å². The number of aromatic amines is 1. The maximum atomic E-state index is 13.4. The van der Waals surface area contributed by atoms with Gasteiger partial charge in [0.15, 0.2) is 0 Å². The first-order chi connectivity index (χ1) is 7.15. The third kappa shape index (κ3) is 1.61. The van der Waals surface area contributed by atoms with Crippen molar-refractivity contribution in [2.75, 3.05) is 0 Å². The average molecular weight is 268 g/mol. The fourth-order valence-corrected chi connectivity index (χ4v) is 2.36. The number of aromatic nitrogens is 1. The van der Waals surface area contributed by atoms with Crippen LogP contribution in [0.5, 0.6) is 0 Å². The van der Waals surface area contributed by atoms with Crippen LogP contribution in [0.4, 0.5) is 4.39 Å². The molecule has 0 aliphatic heterocycles. The van der Waals surface area contributed by atoms with Crippen molar-refractivity contribution in [3.05, 3.63) is 46.3 Å². The zero-order valence-corrected chi connectivity index (χ0v) is 9.99. The van der Waals surface area contributed by atoms with Gasteiger partial charge in [-0.3, -0.25) is 0 Å². The van der Waals surface area contributed by atoms with Gasteiger partial charge in [-0.25, -0.2) is 4.39 Å². The zero-order chi connectivity index (χ0) is 11.0. The van der Waals surface area contributed by atoms with Crippen LogP contribution in [0.25, 0.3) is 10.9 Å². The number of hydrogen-bond donors (Lipinski definition) is 1. The number of allylic oxidation sites excluding steroid dienone is 1. The lowest BCUT2D eigenvalue weighted by atomic mass is 10.1. The van der Waals surface area contributed by atoms with Crippen molar-refractivity contribution in [3.63, 3.8) is 0 Å². The Balaban J connectivity index is 2.79. The van der Waals surface area contributed by atoms with Crippen molar-refractivity contribution >= 4 is 26.8 Å². The number of fused-ring (bicyclic) bond motifs is 1. The first-order valence-corrected chi connectivity index (χ1v) is 5.50. The second kappa shape index (κ2) is 3.81. The van der Waals surface area contributed by atoms with Crippen LogP contribution < -0.4 is 0 Å². The van der Waals surface area contributed by atoms with Crippen molar-refractivity contribution in [1.82, 2.24) is 4.98 Å². The molecule has 0 saturated heterocycles. The minimum atomic E-state index is -0.193. The van der Waals surface area contributed by atoms with E-state index in [-0.39, 0.29) is 5.82 Å². The molecule has 1 aromatic carbocycles. The Morgan fingerprint density at radius 2 is 2.33 bits per heavy atom. The van der Waals surface area contributed by atoms with Crippen molar-refractivity contribution in [2.45, 2.75) is 13.3 Å². The molecule has 0 fully saturated rings. The average Bonchev–Trinajstić information content (AvgIpc) is 2.59. The van der Waals surface area contributed by atoms with E-state index in [0.29, 0.717) is 5.56 Å². The highest BCUT2D eigenvalue weighted by atomic mass is 79.9. The lowest BCUT2D eigenvalue weighted by molar-refractivity contribution is 0.619. The topological polar surface area (TPSA) is 15.8 Å². The summed E-state index contributed by atoms with van der Waals surface area (Å²) in [5.74, 6) is -0.193. The van der Waals surface area contributed by atoms with Crippen molar-refractivity contribution < 1.29 is 4.39 Å². The van der Waals surface area contributed by atoms with Crippen molar-refractivity contribution in [2.24, 2.45) is 0 Å². The van der Waals surface area contributed by atoms with E-state index in [1.165, 1.54) is 6.07 Å². The maximum absolute atomic E-state index is 13.4. The number of hydrogen-bond acceptors (Lipinski definition) is 0. The number of nitrogens with one attached hydrogen (secondary N) is 1. The van der Waals surface area contributed by atoms with Gasteiger partial charge in [-0.2, -0.15) is 0 Å². The van der Waals surface area contributed by atoms with E-state index < -0.39 is 0 Å². The molecule has 1 N–H and O–H groups in total. The van der Waals surface area contributed by atoms with Crippen LogP contribution in [0.3, 0.4) is 0 Å². The Morgan fingerprint density at radius 1 is 1.60 bits per heavy atom. The molecular weight excluding hydrogens is 257 g/mol. The van der Waals surface area contributed by atoms with Crippen LogP contribution in [0.2, 0.25) is 0 Å². The summed E-state index contributed by atoms with van der Waals surface area (Å²) in [7, 11) is 0. The number of H-pyrrole nitrogens is 1. The van der Waals surface area contributed by atoms with Gasteiger partial charge in [-0.1, -0.05) is 6.08 Å². The van der Waals surface area contributed by atoms with Crippen LogP contribution in [0, 0.1) is 12.7 Å². The predicted molar refractivity (Wildman–Crippen MR) is 64.6 cm³/mol. The van der Waals surface area contributed by atoms with E-state index in [1.54, 1.807) is 6.92 Å². The minimum absolute atomic E-state index is 0.193. The highest BCUT2D eigenvalue weighted by Crippen LogP contribution is 2.32. The molecule has 2 aromatic rings. The highest BCUT2D eigenvalue weighted by Gasteiger charge is 2.12. The van der Waals surface area contributed by atoms with Gasteiger partial charge in [-0.05, 0) is 46.5 Å². The summed E-state index contributed by atoms with van der Waals surface area (Å²) in [6.07, 6.45) is 4.52. The summed E-state index contributed by atoms with van der Waals surface area (Å²) in [5.41, 5.74) is 2.60. The molecule has 0 radical (unpaired) electrons. The summed E-state index contributed by atoms with van der Waals surface area (Å²) >= 11 is 3.44. The molecule has 0 atom stereocenters. The Hall–Kier alpha value is -1.09. The molecule has 0 aliphatic carbocycles. The maximum Gasteiger partial charge on any atom is 0.129 e. The van der Waals surface area contributed by atoms with Gasteiger partial charge in [0, 0.05) is 21.6 Å². The van der Waals surface area contributed by atoms with Gasteiger partial charge in [-0.15, -0.1) is 6.58 Å². The second-order valence-electron chi connectivity index (χ2n) is 3.53. The summed E-state index contributed by atoms with van der Waals surface area (Å²) in [4.78, 5) is 3.06. The first kappa shape index (κ1) is 10.4. The Labute approximate surface area is 96.1 Å². The molecule has 15 heavy (non-hydrogen) atoms. The summed E-state index contributed by atoms with van der Waals surface area (Å²) in [5, 5.41) is 1.05. The predicted octanol–water partition coefficient (Wildman–Crippen LogP) is 4.11. The molecular formula is C12H11BrFN. The Kier molecular flexibility index (Phi) is 2.65. The summed E-state index contributed by atoms with van der Waals surface area (Å²) in [6.45, 7) is 5.48. The van der Waals surface area contributed by atoms with Crippen LogP contribution >= 0.6 is 15.9 Å². The van der Waals surface area contributed by atoms with Gasteiger partial charge >= 0.3 is 0 Å². The molecule has 0 unspecified atom stereocenters. The first-order valence-electron chi connectivity index (χ1n) is 4.70. The monoisotopic (exact) mass is 267 g/mol. The van der Waals surface area contributed by atoms with Gasteiger partial charge in [0.25, 0.3) is 0 Å². The van der Waals surface area contributed by atoms with Crippen molar-refractivity contribution in [3.8, 4) is 0 Å². The third-order valence-corrected chi connectivity index (χ3v) is 3.53. The SMILES string of the molecule is C=CCc1c[nH]c2cc(F)c(C)c(Br)c12. The molecule has 0 amide bonds. The minimum Gasteiger partial charge on any atom is -0.361 e. The number of halogens is 2. The van der Waals surface area contributed by atoms with E-state index in [1.807, 2.05) is 12.3 Å². The lowest BCUT2D eigenvalue weighted by Gasteiger charge is -2.03. The summed E-state index contributed by atoms with van der Waals surface area (Å²) < 4.78 is 14.3. The second-order valence-corrected chi connectivity index (χ2v) is 4.32. The Morgan fingerprint density at radius 3 is 3.00 bits per heavy atom. The highest BCUT2D eigenvalue weighted by molar-refractivity contribution is 9.10. The lowest BCUT2D eigenvalue weighted by Crippen LogP contribution is -1.87. The van der Waals surface area contributed by atoms with Crippen LogP contribution in [0.15, 0.2) is 29.4 Å². The van der Waals surface area contributed by atoms with E-state index in [4.69, 9.17) is 0 Å². The normalized spacial score (nSPS) is 10.9. The van der Waals surface area contributed by atoms with Crippen LogP contribution in [-0.4, -0.2) is 4.98 Å². The smallest absolute Gasteiger partial charge is 0.129 e. The largest absolute Gasteiger partial charge is 0.361 e. The molecule has 1 aromatic heterocycles.